The number of alkyl halides is 3. The standard InChI is InChI=1S/C10H11N5O4.C2HF3O2/c11-1-5-3-15(10(17)19-5)6-2-12-9-8(13-6)14-7(16)4-18-9;3-2(4,5)1(6)7/h2,5H,1,3-4,11H2,(H,13,14,16);(H,6,7). The van der Waals surface area contributed by atoms with Gasteiger partial charge in [0.15, 0.2) is 18.2 Å². The van der Waals surface area contributed by atoms with Crippen LogP contribution in [0, 0.1) is 0 Å². The molecule has 14 heteroatoms. The Hall–Kier alpha value is -3.16. The number of anilines is 2. The maximum Gasteiger partial charge on any atom is 0.490 e. The van der Waals surface area contributed by atoms with Gasteiger partial charge in [-0.2, -0.15) is 13.2 Å². The first kappa shape index (κ1) is 19.2. The minimum Gasteiger partial charge on any atom is -0.475 e. The molecule has 11 nitrogen and oxygen atoms in total. The number of carbonyl (C=O) groups is 3. The van der Waals surface area contributed by atoms with Crippen molar-refractivity contribution in [3.05, 3.63) is 6.20 Å². The maximum absolute atomic E-state index is 11.6. The van der Waals surface area contributed by atoms with Crippen LogP contribution in [0.5, 0.6) is 5.88 Å². The molecule has 0 aromatic carbocycles. The van der Waals surface area contributed by atoms with Gasteiger partial charge in [0.1, 0.15) is 6.10 Å². The van der Waals surface area contributed by atoms with Gasteiger partial charge >= 0.3 is 18.2 Å². The molecule has 0 saturated carbocycles. The average molecular weight is 379 g/mol. The van der Waals surface area contributed by atoms with Gasteiger partial charge in [-0.1, -0.05) is 0 Å². The zero-order valence-corrected chi connectivity index (χ0v) is 12.8. The zero-order valence-electron chi connectivity index (χ0n) is 12.8. The van der Waals surface area contributed by atoms with Crippen molar-refractivity contribution < 1.29 is 42.1 Å². The normalized spacial score (nSPS) is 18.8. The first-order valence-corrected chi connectivity index (χ1v) is 6.89. The van der Waals surface area contributed by atoms with E-state index in [0.29, 0.717) is 6.54 Å². The fourth-order valence-corrected chi connectivity index (χ4v) is 1.82. The minimum absolute atomic E-state index is 0.0952. The third kappa shape index (κ3) is 4.47. The highest BCUT2D eigenvalue weighted by atomic mass is 19.4. The van der Waals surface area contributed by atoms with Gasteiger partial charge in [-0.3, -0.25) is 9.69 Å². The van der Waals surface area contributed by atoms with E-state index in [1.807, 2.05) is 0 Å². The summed E-state index contributed by atoms with van der Waals surface area (Å²) in [7, 11) is 0. The Morgan fingerprint density at radius 2 is 2.12 bits per heavy atom. The monoisotopic (exact) mass is 379 g/mol. The van der Waals surface area contributed by atoms with Gasteiger partial charge < -0.3 is 25.6 Å². The van der Waals surface area contributed by atoms with Crippen molar-refractivity contribution in [2.24, 2.45) is 5.73 Å². The summed E-state index contributed by atoms with van der Waals surface area (Å²) in [6, 6.07) is 0. The summed E-state index contributed by atoms with van der Waals surface area (Å²) in [5, 5.41) is 9.65. The van der Waals surface area contributed by atoms with Crippen LogP contribution in [0.15, 0.2) is 6.20 Å². The molecule has 2 amide bonds. The van der Waals surface area contributed by atoms with Crippen LogP contribution in [-0.2, 0) is 14.3 Å². The van der Waals surface area contributed by atoms with Crippen LogP contribution >= 0.6 is 0 Å². The van der Waals surface area contributed by atoms with Crippen LogP contribution in [0.25, 0.3) is 0 Å². The lowest BCUT2D eigenvalue weighted by molar-refractivity contribution is -0.192. The maximum atomic E-state index is 11.6. The number of cyclic esters (lactones) is 1. The minimum atomic E-state index is -5.08. The van der Waals surface area contributed by atoms with Crippen molar-refractivity contribution in [2.45, 2.75) is 12.3 Å². The summed E-state index contributed by atoms with van der Waals surface area (Å²) >= 11 is 0. The Morgan fingerprint density at radius 3 is 2.65 bits per heavy atom. The molecule has 3 rings (SSSR count). The quantitative estimate of drug-likeness (QED) is 0.629. The van der Waals surface area contributed by atoms with Crippen molar-refractivity contribution in [1.82, 2.24) is 9.97 Å². The molecule has 0 spiro atoms. The van der Waals surface area contributed by atoms with Crippen LogP contribution in [0.1, 0.15) is 0 Å². The summed E-state index contributed by atoms with van der Waals surface area (Å²) < 4.78 is 41.8. The lowest BCUT2D eigenvalue weighted by Gasteiger charge is -2.18. The fraction of sp³-hybridized carbons (Fsp3) is 0.417. The Balaban J connectivity index is 0.000000298. The second kappa shape index (κ2) is 7.38. The fourth-order valence-electron chi connectivity index (χ4n) is 1.82. The van der Waals surface area contributed by atoms with Crippen molar-refractivity contribution >= 4 is 29.6 Å². The number of rotatable bonds is 2. The van der Waals surface area contributed by atoms with Crippen molar-refractivity contribution in [2.75, 3.05) is 29.9 Å². The van der Waals surface area contributed by atoms with E-state index in [2.05, 4.69) is 15.3 Å². The van der Waals surface area contributed by atoms with Crippen LogP contribution in [0.3, 0.4) is 0 Å². The third-order valence-corrected chi connectivity index (χ3v) is 2.98. The van der Waals surface area contributed by atoms with Crippen LogP contribution in [0.2, 0.25) is 0 Å². The SMILES string of the molecule is NCC1CN(c2cnc3c(n2)NC(=O)CO3)C(=O)O1.O=C(O)C(F)(F)F. The molecule has 3 heterocycles. The summed E-state index contributed by atoms with van der Waals surface area (Å²) in [5.74, 6) is -2.37. The van der Waals surface area contributed by atoms with E-state index < -0.39 is 18.2 Å². The van der Waals surface area contributed by atoms with E-state index in [1.165, 1.54) is 11.1 Å². The zero-order chi connectivity index (χ0) is 19.5. The van der Waals surface area contributed by atoms with E-state index in [0.717, 1.165) is 0 Å². The number of carbonyl (C=O) groups excluding carboxylic acids is 2. The Morgan fingerprint density at radius 1 is 1.46 bits per heavy atom. The number of halogens is 3. The molecule has 26 heavy (non-hydrogen) atoms. The number of aromatic nitrogens is 2. The molecule has 142 valence electrons. The van der Waals surface area contributed by atoms with E-state index >= 15 is 0 Å². The number of nitrogens with zero attached hydrogens (tertiary/aromatic N) is 3. The summed E-state index contributed by atoms with van der Waals surface area (Å²) in [4.78, 5) is 41.2. The van der Waals surface area contributed by atoms with Gasteiger partial charge in [0.25, 0.3) is 11.8 Å². The molecule has 4 N–H and O–H groups in total. The van der Waals surface area contributed by atoms with Gasteiger partial charge in [0.2, 0.25) is 0 Å². The highest BCUT2D eigenvalue weighted by Gasteiger charge is 2.38. The van der Waals surface area contributed by atoms with Crippen molar-refractivity contribution in [3.8, 4) is 5.88 Å². The smallest absolute Gasteiger partial charge is 0.475 e. The Labute approximate surface area is 142 Å². The highest BCUT2D eigenvalue weighted by Crippen LogP contribution is 2.27. The Kier molecular flexibility index (Phi) is 5.44. The van der Waals surface area contributed by atoms with Gasteiger partial charge in [0, 0.05) is 6.54 Å². The summed E-state index contributed by atoms with van der Waals surface area (Å²) in [6.07, 6.45) is -4.60. The molecule has 1 atom stereocenters. The van der Waals surface area contributed by atoms with Crippen LogP contribution < -0.4 is 20.7 Å². The molecule has 1 unspecified atom stereocenters. The predicted molar refractivity (Wildman–Crippen MR) is 76.5 cm³/mol. The van der Waals surface area contributed by atoms with E-state index in [1.54, 1.807) is 0 Å². The number of hydrogen-bond donors (Lipinski definition) is 3. The topological polar surface area (TPSA) is 157 Å². The second-order valence-electron chi connectivity index (χ2n) is 4.87. The lowest BCUT2D eigenvalue weighted by Crippen LogP contribution is -2.30. The number of nitrogens with two attached hydrogens (primary N) is 1. The molecule has 0 bridgehead atoms. The largest absolute Gasteiger partial charge is 0.490 e. The van der Waals surface area contributed by atoms with Crippen molar-refractivity contribution in [1.29, 1.82) is 0 Å². The predicted octanol–water partition coefficient (Wildman–Crippen LogP) is -0.275. The molecule has 0 aliphatic carbocycles. The Bertz CT molecular complexity index is 728. The van der Waals surface area contributed by atoms with E-state index in [9.17, 15) is 22.8 Å². The molecular formula is C12H12F3N5O6. The number of hydrogen-bond acceptors (Lipinski definition) is 8. The number of aliphatic carboxylic acids is 1. The second-order valence-corrected chi connectivity index (χ2v) is 4.87. The molecule has 0 radical (unpaired) electrons. The molecule has 2 aliphatic heterocycles. The highest BCUT2D eigenvalue weighted by molar-refractivity contribution is 5.94. The van der Waals surface area contributed by atoms with Gasteiger partial charge in [-0.25, -0.2) is 19.6 Å². The van der Waals surface area contributed by atoms with Gasteiger partial charge in [0.05, 0.1) is 12.7 Å². The summed E-state index contributed by atoms with van der Waals surface area (Å²) in [6.45, 7) is 0.445. The lowest BCUT2D eigenvalue weighted by atomic mass is 10.3. The average Bonchev–Trinajstić information content (AvgIpc) is 2.95. The van der Waals surface area contributed by atoms with Crippen molar-refractivity contribution in [3.63, 3.8) is 0 Å². The molecule has 1 fully saturated rings. The van der Waals surface area contributed by atoms with Crippen LogP contribution in [0.4, 0.5) is 29.6 Å². The number of nitrogens with one attached hydrogen (secondary N) is 1. The van der Waals surface area contributed by atoms with E-state index in [4.69, 9.17) is 25.1 Å². The molecule has 2 aliphatic rings. The molecule has 1 saturated heterocycles. The number of carboxylic acid groups (broad SMARTS) is 1. The first-order chi connectivity index (χ1) is 12.1. The summed E-state index contributed by atoms with van der Waals surface area (Å²) in [5.41, 5.74) is 5.45. The first-order valence-electron chi connectivity index (χ1n) is 6.89. The molecular weight excluding hydrogens is 367 g/mol. The number of carboxylic acids is 1. The third-order valence-electron chi connectivity index (χ3n) is 2.98. The van der Waals surface area contributed by atoms with E-state index in [-0.39, 0.29) is 42.7 Å². The van der Waals surface area contributed by atoms with Gasteiger partial charge in [-0.15, -0.1) is 0 Å². The van der Waals surface area contributed by atoms with Crippen LogP contribution in [-0.4, -0.2) is 65.0 Å². The molecule has 1 aromatic rings. The molecule has 1 aromatic heterocycles. The number of ether oxygens (including phenoxy) is 2. The number of amides is 2. The van der Waals surface area contributed by atoms with Gasteiger partial charge in [-0.05, 0) is 0 Å². The number of fused-ring (bicyclic) bond motifs is 1.